The van der Waals surface area contributed by atoms with E-state index in [1.807, 2.05) is 37.0 Å². The molecule has 0 radical (unpaired) electrons. The molecule has 6 nitrogen and oxygen atoms in total. The number of likely N-dealkylation sites (N-methyl/N-ethyl adjacent to an activating group) is 1. The number of nitrogens with zero attached hydrogens (tertiary/aromatic N) is 4. The van der Waals surface area contributed by atoms with E-state index in [4.69, 9.17) is 9.97 Å². The van der Waals surface area contributed by atoms with Gasteiger partial charge in [-0.2, -0.15) is 0 Å². The Kier molecular flexibility index (Phi) is 7.03. The summed E-state index contributed by atoms with van der Waals surface area (Å²) < 4.78 is 0. The number of amides is 1. The lowest BCUT2D eigenvalue weighted by Gasteiger charge is -2.33. The topological polar surface area (TPSA) is 61.4 Å². The van der Waals surface area contributed by atoms with E-state index in [1.54, 1.807) is 0 Å². The Labute approximate surface area is 198 Å². The highest BCUT2D eigenvalue weighted by Gasteiger charge is 2.44. The van der Waals surface area contributed by atoms with Gasteiger partial charge in [-0.3, -0.25) is 4.79 Å². The highest BCUT2D eigenvalue weighted by atomic mass is 16.2. The van der Waals surface area contributed by atoms with E-state index >= 15 is 0 Å². The van der Waals surface area contributed by atoms with Gasteiger partial charge in [-0.05, 0) is 51.6 Å². The zero-order chi connectivity index (χ0) is 23.6. The number of aryl methyl sites for hydroxylation is 2. The van der Waals surface area contributed by atoms with Gasteiger partial charge in [0.25, 0.3) is 0 Å². The SMILES string of the molecule is Cc1cc(C)cc(C2(C(=O)N(C)Cc3cc(N(C)C)nc([C@H]4CCCCN4)n3)CCCC2)c1. The Hall–Kier alpha value is -2.47. The Morgan fingerprint density at radius 3 is 2.30 bits per heavy atom. The summed E-state index contributed by atoms with van der Waals surface area (Å²) in [6.45, 7) is 5.75. The van der Waals surface area contributed by atoms with E-state index in [0.717, 1.165) is 56.0 Å². The van der Waals surface area contributed by atoms with Crippen LogP contribution in [0.1, 0.15) is 79.2 Å². The van der Waals surface area contributed by atoms with Crippen LogP contribution in [0.25, 0.3) is 0 Å². The molecule has 1 aliphatic heterocycles. The van der Waals surface area contributed by atoms with Crippen LogP contribution in [0.15, 0.2) is 24.3 Å². The quantitative estimate of drug-likeness (QED) is 0.706. The number of carbonyl (C=O) groups excluding carboxylic acids is 1. The normalized spacial score (nSPS) is 20.0. The molecule has 4 rings (SSSR count). The number of nitrogens with one attached hydrogen (secondary N) is 1. The van der Waals surface area contributed by atoms with Crippen molar-refractivity contribution in [1.82, 2.24) is 20.2 Å². The van der Waals surface area contributed by atoms with Gasteiger partial charge in [0.1, 0.15) is 11.6 Å². The molecule has 1 aromatic carbocycles. The second kappa shape index (κ2) is 9.80. The van der Waals surface area contributed by atoms with Gasteiger partial charge in [0.2, 0.25) is 5.91 Å². The third-order valence-corrected chi connectivity index (χ3v) is 7.25. The minimum atomic E-state index is -0.420. The zero-order valence-electron chi connectivity index (χ0n) is 20.9. The second-order valence-corrected chi connectivity index (χ2v) is 10.3. The molecule has 1 saturated heterocycles. The Balaban J connectivity index is 1.61. The van der Waals surface area contributed by atoms with Crippen molar-refractivity contribution < 1.29 is 4.79 Å². The van der Waals surface area contributed by atoms with Crippen molar-refractivity contribution in [3.8, 4) is 0 Å². The number of carbonyl (C=O) groups is 1. The van der Waals surface area contributed by atoms with E-state index in [-0.39, 0.29) is 11.9 Å². The van der Waals surface area contributed by atoms with E-state index in [9.17, 15) is 4.79 Å². The van der Waals surface area contributed by atoms with Gasteiger partial charge < -0.3 is 15.1 Å². The molecule has 2 aromatic rings. The third-order valence-electron chi connectivity index (χ3n) is 7.25. The maximum atomic E-state index is 14.0. The summed E-state index contributed by atoms with van der Waals surface area (Å²) in [5.41, 5.74) is 4.11. The summed E-state index contributed by atoms with van der Waals surface area (Å²) >= 11 is 0. The minimum Gasteiger partial charge on any atom is -0.363 e. The van der Waals surface area contributed by atoms with Crippen LogP contribution in [0.2, 0.25) is 0 Å². The standard InChI is InChI=1S/C27H39N5O/c1-19-14-20(2)16-21(15-19)27(11-7-8-12-27)26(33)32(5)18-22-17-24(31(3)4)30-25(29-22)23-10-6-9-13-28-23/h14-17,23,28H,6-13,18H2,1-5H3/t23-/m1/s1. The van der Waals surface area contributed by atoms with Crippen LogP contribution < -0.4 is 10.2 Å². The minimum absolute atomic E-state index is 0.190. The molecule has 1 atom stereocenters. The Morgan fingerprint density at radius 2 is 1.70 bits per heavy atom. The van der Waals surface area contributed by atoms with E-state index in [2.05, 4.69) is 37.4 Å². The van der Waals surface area contributed by atoms with Crippen LogP contribution >= 0.6 is 0 Å². The third kappa shape index (κ3) is 5.06. The Morgan fingerprint density at radius 1 is 1.00 bits per heavy atom. The van der Waals surface area contributed by atoms with Crippen molar-refractivity contribution in [2.45, 2.75) is 76.8 Å². The van der Waals surface area contributed by atoms with Crippen LogP contribution in [0.4, 0.5) is 5.82 Å². The number of piperidine rings is 1. The van der Waals surface area contributed by atoms with Crippen LogP contribution in [-0.4, -0.2) is 48.5 Å². The highest BCUT2D eigenvalue weighted by Crippen LogP contribution is 2.43. The van der Waals surface area contributed by atoms with Crippen molar-refractivity contribution >= 4 is 11.7 Å². The highest BCUT2D eigenvalue weighted by molar-refractivity contribution is 5.88. The molecule has 1 N–H and O–H groups in total. The van der Waals surface area contributed by atoms with Gasteiger partial charge >= 0.3 is 0 Å². The maximum absolute atomic E-state index is 14.0. The second-order valence-electron chi connectivity index (χ2n) is 10.3. The van der Waals surface area contributed by atoms with Gasteiger partial charge in [-0.1, -0.05) is 48.6 Å². The van der Waals surface area contributed by atoms with Gasteiger partial charge in [0, 0.05) is 27.2 Å². The van der Waals surface area contributed by atoms with Gasteiger partial charge in [0.15, 0.2) is 0 Å². The fraction of sp³-hybridized carbons (Fsp3) is 0.593. The van der Waals surface area contributed by atoms with Crippen LogP contribution in [0, 0.1) is 13.8 Å². The molecule has 1 aromatic heterocycles. The number of aromatic nitrogens is 2. The molecule has 2 heterocycles. The molecular formula is C27H39N5O. The van der Waals surface area contributed by atoms with Crippen LogP contribution in [0.3, 0.4) is 0 Å². The fourth-order valence-electron chi connectivity index (χ4n) is 5.58. The largest absolute Gasteiger partial charge is 0.363 e. The first-order valence-corrected chi connectivity index (χ1v) is 12.4. The fourth-order valence-corrected chi connectivity index (χ4v) is 5.58. The van der Waals surface area contributed by atoms with Crippen molar-refractivity contribution in [3.05, 3.63) is 52.5 Å². The van der Waals surface area contributed by atoms with Crippen LogP contribution in [0.5, 0.6) is 0 Å². The first-order chi connectivity index (χ1) is 15.8. The molecule has 0 bridgehead atoms. The van der Waals surface area contributed by atoms with Crippen molar-refractivity contribution in [3.63, 3.8) is 0 Å². The first-order valence-electron chi connectivity index (χ1n) is 12.4. The predicted octanol–water partition coefficient (Wildman–Crippen LogP) is 4.44. The number of hydrogen-bond donors (Lipinski definition) is 1. The zero-order valence-corrected chi connectivity index (χ0v) is 20.9. The van der Waals surface area contributed by atoms with Crippen molar-refractivity contribution in [2.75, 3.05) is 32.6 Å². The number of hydrogen-bond acceptors (Lipinski definition) is 5. The molecule has 2 aliphatic rings. The summed E-state index contributed by atoms with van der Waals surface area (Å²) in [7, 11) is 5.94. The summed E-state index contributed by atoms with van der Waals surface area (Å²) in [5.74, 6) is 1.96. The molecule has 33 heavy (non-hydrogen) atoms. The lowest BCUT2D eigenvalue weighted by molar-refractivity contribution is -0.136. The molecule has 6 heteroatoms. The average molecular weight is 450 g/mol. The maximum Gasteiger partial charge on any atom is 0.233 e. The van der Waals surface area contributed by atoms with Gasteiger partial charge in [0.05, 0.1) is 23.7 Å². The Bertz CT molecular complexity index is 970. The number of rotatable bonds is 6. The monoisotopic (exact) mass is 449 g/mol. The average Bonchev–Trinajstić information content (AvgIpc) is 3.29. The molecule has 1 saturated carbocycles. The number of anilines is 1. The molecule has 1 aliphatic carbocycles. The molecule has 0 unspecified atom stereocenters. The summed E-state index contributed by atoms with van der Waals surface area (Å²) in [4.78, 5) is 27.6. The lowest BCUT2D eigenvalue weighted by atomic mass is 9.76. The summed E-state index contributed by atoms with van der Waals surface area (Å²) in [6.07, 6.45) is 7.49. The lowest BCUT2D eigenvalue weighted by Crippen LogP contribution is -2.43. The van der Waals surface area contributed by atoms with Crippen molar-refractivity contribution in [1.29, 1.82) is 0 Å². The van der Waals surface area contributed by atoms with Gasteiger partial charge in [-0.15, -0.1) is 0 Å². The van der Waals surface area contributed by atoms with E-state index in [0.29, 0.717) is 6.54 Å². The van der Waals surface area contributed by atoms with E-state index in [1.165, 1.54) is 29.5 Å². The molecular weight excluding hydrogens is 410 g/mol. The molecule has 178 valence electrons. The van der Waals surface area contributed by atoms with E-state index < -0.39 is 5.41 Å². The molecule has 1 amide bonds. The summed E-state index contributed by atoms with van der Waals surface area (Å²) in [5, 5.41) is 3.56. The summed E-state index contributed by atoms with van der Waals surface area (Å²) in [6, 6.07) is 8.83. The molecule has 0 spiro atoms. The predicted molar refractivity (Wildman–Crippen MR) is 133 cm³/mol. The smallest absolute Gasteiger partial charge is 0.233 e. The van der Waals surface area contributed by atoms with Crippen LogP contribution in [-0.2, 0) is 16.8 Å². The molecule has 2 fully saturated rings. The number of benzene rings is 1. The van der Waals surface area contributed by atoms with Crippen molar-refractivity contribution in [2.24, 2.45) is 0 Å². The van der Waals surface area contributed by atoms with Gasteiger partial charge in [-0.25, -0.2) is 9.97 Å². The first kappa shape index (κ1) is 23.7.